The normalized spacial score (nSPS) is 12.7. The van der Waals surface area contributed by atoms with Gasteiger partial charge in [-0.3, -0.25) is 4.68 Å². The lowest BCUT2D eigenvalue weighted by Crippen LogP contribution is -2.23. The Hall–Kier alpha value is -0.910. The van der Waals surface area contributed by atoms with Crippen LogP contribution in [0.5, 0.6) is 0 Å². The van der Waals surface area contributed by atoms with Crippen LogP contribution in [0.4, 0.5) is 4.39 Å². The summed E-state index contributed by atoms with van der Waals surface area (Å²) in [4.78, 5) is 0. The van der Waals surface area contributed by atoms with Crippen LogP contribution in [0.1, 0.15) is 30.6 Å². The molecule has 3 nitrogen and oxygen atoms in total. The van der Waals surface area contributed by atoms with E-state index in [1.807, 2.05) is 4.68 Å². The second-order valence-electron chi connectivity index (χ2n) is 4.46. The highest BCUT2D eigenvalue weighted by molar-refractivity contribution is 9.10. The van der Waals surface area contributed by atoms with Crippen molar-refractivity contribution in [1.29, 1.82) is 0 Å². The lowest BCUT2D eigenvalue weighted by Gasteiger charge is -2.20. The molecule has 108 valence electrons. The zero-order chi connectivity index (χ0) is 14.7. The third-order valence-electron chi connectivity index (χ3n) is 3.12. The van der Waals surface area contributed by atoms with Crippen molar-refractivity contribution in [3.8, 4) is 0 Å². The topological polar surface area (TPSA) is 29.9 Å². The Morgan fingerprint density at radius 3 is 2.85 bits per heavy atom. The SMILES string of the molecule is CCCn1ncc(Br)c1C(NC)c1c(F)cccc1Cl. The highest BCUT2D eigenvalue weighted by Gasteiger charge is 2.25. The second-order valence-corrected chi connectivity index (χ2v) is 5.72. The molecule has 0 aliphatic heterocycles. The molecule has 0 spiro atoms. The molecule has 0 fully saturated rings. The number of halogens is 3. The highest BCUT2D eigenvalue weighted by atomic mass is 79.9. The van der Waals surface area contributed by atoms with Crippen molar-refractivity contribution in [2.75, 3.05) is 7.05 Å². The number of nitrogens with zero attached hydrogens (tertiary/aromatic N) is 2. The molecule has 0 aliphatic carbocycles. The molecule has 0 aliphatic rings. The minimum absolute atomic E-state index is 0.326. The van der Waals surface area contributed by atoms with E-state index in [2.05, 4.69) is 33.3 Å². The molecule has 0 bridgehead atoms. The van der Waals surface area contributed by atoms with Crippen molar-refractivity contribution in [3.05, 3.63) is 51.0 Å². The van der Waals surface area contributed by atoms with Crippen molar-refractivity contribution in [3.63, 3.8) is 0 Å². The van der Waals surface area contributed by atoms with E-state index in [4.69, 9.17) is 11.6 Å². The first-order valence-electron chi connectivity index (χ1n) is 6.42. The largest absolute Gasteiger partial charge is 0.308 e. The Labute approximate surface area is 131 Å². The van der Waals surface area contributed by atoms with Gasteiger partial charge in [0.1, 0.15) is 5.82 Å². The Morgan fingerprint density at radius 2 is 2.25 bits per heavy atom. The quantitative estimate of drug-likeness (QED) is 0.868. The summed E-state index contributed by atoms with van der Waals surface area (Å²) in [6.45, 7) is 2.84. The third kappa shape index (κ3) is 2.90. The molecule has 1 heterocycles. The summed E-state index contributed by atoms with van der Waals surface area (Å²) in [5, 5.41) is 7.85. The summed E-state index contributed by atoms with van der Waals surface area (Å²) < 4.78 is 16.9. The van der Waals surface area contributed by atoms with Crippen molar-refractivity contribution in [2.24, 2.45) is 0 Å². The summed E-state index contributed by atoms with van der Waals surface area (Å²) >= 11 is 9.66. The number of aryl methyl sites for hydroxylation is 1. The molecule has 1 aromatic carbocycles. The Balaban J connectivity index is 2.55. The van der Waals surface area contributed by atoms with Crippen LogP contribution in [0.3, 0.4) is 0 Å². The number of nitrogens with one attached hydrogen (secondary N) is 1. The molecule has 0 saturated carbocycles. The first kappa shape index (κ1) is 15.5. The average molecular weight is 361 g/mol. The van der Waals surface area contributed by atoms with Crippen LogP contribution in [-0.4, -0.2) is 16.8 Å². The maximum Gasteiger partial charge on any atom is 0.129 e. The van der Waals surface area contributed by atoms with E-state index in [1.54, 1.807) is 25.4 Å². The van der Waals surface area contributed by atoms with Gasteiger partial charge in [0.05, 0.1) is 22.4 Å². The summed E-state index contributed by atoms with van der Waals surface area (Å²) in [6.07, 6.45) is 2.67. The predicted octanol–water partition coefficient (Wildman–Crippen LogP) is 4.16. The van der Waals surface area contributed by atoms with Crippen LogP contribution in [0.15, 0.2) is 28.9 Å². The fourth-order valence-electron chi connectivity index (χ4n) is 2.25. The first-order chi connectivity index (χ1) is 9.60. The number of hydrogen-bond donors (Lipinski definition) is 1. The van der Waals surface area contributed by atoms with Crippen molar-refractivity contribution < 1.29 is 4.39 Å². The first-order valence-corrected chi connectivity index (χ1v) is 7.59. The monoisotopic (exact) mass is 359 g/mol. The van der Waals surface area contributed by atoms with E-state index in [9.17, 15) is 4.39 Å². The van der Waals surface area contributed by atoms with Crippen LogP contribution < -0.4 is 5.32 Å². The third-order valence-corrected chi connectivity index (χ3v) is 4.06. The molecule has 2 aromatic rings. The second kappa shape index (κ2) is 6.70. The molecule has 1 unspecified atom stereocenters. The fraction of sp³-hybridized carbons (Fsp3) is 0.357. The van der Waals surface area contributed by atoms with Gasteiger partial charge >= 0.3 is 0 Å². The molecule has 0 amide bonds. The van der Waals surface area contributed by atoms with E-state index in [0.717, 1.165) is 23.1 Å². The minimum atomic E-state index is -0.355. The minimum Gasteiger partial charge on any atom is -0.308 e. The zero-order valence-corrected chi connectivity index (χ0v) is 13.7. The molecule has 0 radical (unpaired) electrons. The maximum atomic E-state index is 14.2. The molecular formula is C14H16BrClFN3. The molecule has 1 aromatic heterocycles. The Kier molecular flexibility index (Phi) is 5.18. The Morgan fingerprint density at radius 1 is 1.50 bits per heavy atom. The van der Waals surface area contributed by atoms with E-state index >= 15 is 0 Å². The standard InChI is InChI=1S/C14H16BrClFN3/c1-3-7-20-14(9(15)8-19-20)13(18-2)12-10(16)5-4-6-11(12)17/h4-6,8,13,18H,3,7H2,1-2H3. The summed E-state index contributed by atoms with van der Waals surface area (Å²) in [5.74, 6) is -0.326. The van der Waals surface area contributed by atoms with Gasteiger partial charge in [-0.1, -0.05) is 24.6 Å². The number of rotatable bonds is 5. The van der Waals surface area contributed by atoms with Crippen LogP contribution in [0.2, 0.25) is 5.02 Å². The van der Waals surface area contributed by atoms with E-state index < -0.39 is 0 Å². The van der Waals surface area contributed by atoms with Gasteiger partial charge in [0, 0.05) is 17.1 Å². The summed E-state index contributed by atoms with van der Waals surface area (Å²) in [7, 11) is 1.78. The van der Waals surface area contributed by atoms with Gasteiger partial charge in [0.2, 0.25) is 0 Å². The van der Waals surface area contributed by atoms with Crippen molar-refractivity contribution >= 4 is 27.5 Å². The van der Waals surface area contributed by atoms with Gasteiger partial charge in [-0.2, -0.15) is 5.10 Å². The van der Waals surface area contributed by atoms with Gasteiger partial charge < -0.3 is 5.32 Å². The zero-order valence-electron chi connectivity index (χ0n) is 11.3. The van der Waals surface area contributed by atoms with E-state index in [0.29, 0.717) is 10.6 Å². The van der Waals surface area contributed by atoms with Crippen molar-refractivity contribution in [2.45, 2.75) is 25.9 Å². The summed E-state index contributed by atoms with van der Waals surface area (Å²) in [6, 6.07) is 4.36. The number of hydrogen-bond acceptors (Lipinski definition) is 2. The predicted molar refractivity (Wildman–Crippen MR) is 82.5 cm³/mol. The van der Waals surface area contributed by atoms with Gasteiger partial charge in [0.15, 0.2) is 0 Å². The maximum absolute atomic E-state index is 14.2. The molecular weight excluding hydrogens is 345 g/mol. The van der Waals surface area contributed by atoms with E-state index in [1.165, 1.54) is 6.07 Å². The molecule has 1 atom stereocenters. The molecule has 2 rings (SSSR count). The van der Waals surface area contributed by atoms with Gasteiger partial charge in [0.25, 0.3) is 0 Å². The lowest BCUT2D eigenvalue weighted by atomic mass is 10.0. The number of aromatic nitrogens is 2. The van der Waals surface area contributed by atoms with Gasteiger partial charge in [-0.25, -0.2) is 4.39 Å². The van der Waals surface area contributed by atoms with Crippen molar-refractivity contribution in [1.82, 2.24) is 15.1 Å². The van der Waals surface area contributed by atoms with Crippen LogP contribution >= 0.6 is 27.5 Å². The van der Waals surface area contributed by atoms with E-state index in [-0.39, 0.29) is 11.9 Å². The van der Waals surface area contributed by atoms with Crippen LogP contribution in [-0.2, 0) is 6.54 Å². The van der Waals surface area contributed by atoms with Gasteiger partial charge in [-0.05, 0) is 41.5 Å². The van der Waals surface area contributed by atoms with Crippen LogP contribution in [0.25, 0.3) is 0 Å². The van der Waals surface area contributed by atoms with Gasteiger partial charge in [-0.15, -0.1) is 0 Å². The molecule has 20 heavy (non-hydrogen) atoms. The fourth-order valence-corrected chi connectivity index (χ4v) is 3.05. The average Bonchev–Trinajstić information content (AvgIpc) is 2.76. The highest BCUT2D eigenvalue weighted by Crippen LogP contribution is 2.34. The summed E-state index contributed by atoms with van der Waals surface area (Å²) in [5.41, 5.74) is 1.32. The molecule has 6 heteroatoms. The van der Waals surface area contributed by atoms with Crippen LogP contribution in [0, 0.1) is 5.82 Å². The Bertz CT molecular complexity index is 580. The molecule has 0 saturated heterocycles. The molecule has 1 N–H and O–H groups in total. The smallest absolute Gasteiger partial charge is 0.129 e. The number of benzene rings is 1. The lowest BCUT2D eigenvalue weighted by molar-refractivity contribution is 0.515.